The highest BCUT2D eigenvalue weighted by molar-refractivity contribution is 7.89. The Hall–Kier alpha value is -1.20. The van der Waals surface area contributed by atoms with Crippen molar-refractivity contribution < 1.29 is 13.2 Å². The van der Waals surface area contributed by atoms with Crippen LogP contribution in [0.2, 0.25) is 0 Å². The molecule has 1 heterocycles. The van der Waals surface area contributed by atoms with Gasteiger partial charge in [0.15, 0.2) is 5.78 Å². The number of hydrogen-bond acceptors (Lipinski definition) is 3. The van der Waals surface area contributed by atoms with Gasteiger partial charge in [-0.25, -0.2) is 8.42 Å². The Morgan fingerprint density at radius 3 is 2.50 bits per heavy atom. The maximum absolute atomic E-state index is 12.5. The highest BCUT2D eigenvalue weighted by Gasteiger charge is 2.28. The van der Waals surface area contributed by atoms with Gasteiger partial charge >= 0.3 is 0 Å². The molecular weight excluding hydrogens is 274 g/mol. The van der Waals surface area contributed by atoms with Crippen LogP contribution in [-0.4, -0.2) is 31.6 Å². The quantitative estimate of drug-likeness (QED) is 0.803. The number of carbonyl (C=O) groups is 1. The predicted octanol–water partition coefficient (Wildman–Crippen LogP) is 2.70. The Morgan fingerprint density at radius 2 is 1.95 bits per heavy atom. The molecule has 0 radical (unpaired) electrons. The molecule has 2 rings (SSSR count). The van der Waals surface area contributed by atoms with Crippen molar-refractivity contribution in [1.82, 2.24) is 4.31 Å². The van der Waals surface area contributed by atoms with E-state index in [4.69, 9.17) is 0 Å². The summed E-state index contributed by atoms with van der Waals surface area (Å²) in [7, 11) is -3.42. The fraction of sp³-hybridized carbons (Fsp3) is 0.533. The number of hydrogen-bond donors (Lipinski definition) is 0. The molecule has 1 atom stereocenters. The average molecular weight is 295 g/mol. The summed E-state index contributed by atoms with van der Waals surface area (Å²) in [4.78, 5) is 11.8. The van der Waals surface area contributed by atoms with Gasteiger partial charge in [0.05, 0.1) is 4.90 Å². The number of rotatable bonds is 4. The fourth-order valence-electron chi connectivity index (χ4n) is 2.53. The third-order valence-electron chi connectivity index (χ3n) is 3.75. The molecule has 1 unspecified atom stereocenters. The lowest BCUT2D eigenvalue weighted by Gasteiger charge is -2.30. The summed E-state index contributed by atoms with van der Waals surface area (Å²) in [5.41, 5.74) is 0.568. The van der Waals surface area contributed by atoms with Crippen LogP contribution in [0, 0.1) is 5.92 Å². The topological polar surface area (TPSA) is 54.5 Å². The van der Waals surface area contributed by atoms with E-state index >= 15 is 0 Å². The summed E-state index contributed by atoms with van der Waals surface area (Å²) < 4.78 is 26.6. The summed E-state index contributed by atoms with van der Waals surface area (Å²) in [5, 5.41) is 0. The molecule has 1 aliphatic heterocycles. The summed E-state index contributed by atoms with van der Waals surface area (Å²) in [6.07, 6.45) is 2.42. The monoisotopic (exact) mass is 295 g/mol. The second kappa shape index (κ2) is 6.06. The van der Waals surface area contributed by atoms with E-state index < -0.39 is 10.0 Å². The summed E-state index contributed by atoms with van der Waals surface area (Å²) in [6.45, 7) is 5.03. The van der Waals surface area contributed by atoms with Crippen molar-refractivity contribution >= 4 is 15.8 Å². The van der Waals surface area contributed by atoms with Gasteiger partial charge in [0.2, 0.25) is 10.0 Å². The molecular formula is C15H21NO3S. The number of sulfonamides is 1. The molecule has 20 heavy (non-hydrogen) atoms. The number of carbonyl (C=O) groups excluding carboxylic acids is 1. The van der Waals surface area contributed by atoms with Gasteiger partial charge in [-0.05, 0) is 30.9 Å². The second-order valence-electron chi connectivity index (χ2n) is 5.41. The van der Waals surface area contributed by atoms with Crippen LogP contribution in [0.3, 0.4) is 0 Å². The van der Waals surface area contributed by atoms with Crippen molar-refractivity contribution in [2.75, 3.05) is 13.1 Å². The van der Waals surface area contributed by atoms with Crippen LogP contribution < -0.4 is 0 Å². The highest BCUT2D eigenvalue weighted by atomic mass is 32.2. The van der Waals surface area contributed by atoms with Crippen molar-refractivity contribution in [1.29, 1.82) is 0 Å². The van der Waals surface area contributed by atoms with E-state index in [0.29, 0.717) is 31.0 Å². The number of nitrogens with zero attached hydrogens (tertiary/aromatic N) is 1. The summed E-state index contributed by atoms with van der Waals surface area (Å²) >= 11 is 0. The van der Waals surface area contributed by atoms with E-state index in [-0.39, 0.29) is 10.7 Å². The molecule has 1 aliphatic rings. The molecule has 4 nitrogen and oxygen atoms in total. The highest BCUT2D eigenvalue weighted by Crippen LogP contribution is 2.23. The van der Waals surface area contributed by atoms with Crippen LogP contribution in [0.5, 0.6) is 0 Å². The summed E-state index contributed by atoms with van der Waals surface area (Å²) in [5.74, 6) is 0.431. The third kappa shape index (κ3) is 3.10. The maximum atomic E-state index is 12.5. The van der Waals surface area contributed by atoms with Gasteiger partial charge in [-0.2, -0.15) is 4.31 Å². The Balaban J connectivity index is 2.23. The van der Waals surface area contributed by atoms with E-state index in [0.717, 1.165) is 12.8 Å². The van der Waals surface area contributed by atoms with Crippen LogP contribution >= 0.6 is 0 Å². The van der Waals surface area contributed by atoms with Crippen molar-refractivity contribution in [2.24, 2.45) is 5.92 Å². The van der Waals surface area contributed by atoms with Crippen molar-refractivity contribution in [3.63, 3.8) is 0 Å². The lowest BCUT2D eigenvalue weighted by atomic mass is 10.0. The first kappa shape index (κ1) is 15.2. The third-order valence-corrected chi connectivity index (χ3v) is 5.63. The predicted molar refractivity (Wildman–Crippen MR) is 78.2 cm³/mol. The minimum atomic E-state index is -3.42. The van der Waals surface area contributed by atoms with Crippen molar-refractivity contribution in [3.05, 3.63) is 29.8 Å². The van der Waals surface area contributed by atoms with Crippen LogP contribution in [-0.2, 0) is 10.0 Å². The first-order chi connectivity index (χ1) is 9.45. The molecule has 1 aromatic carbocycles. The SMILES string of the molecule is CCC(=O)c1ccc(S(=O)(=O)N2CCCC(C)C2)cc1. The zero-order valence-corrected chi connectivity index (χ0v) is 12.8. The van der Waals surface area contributed by atoms with Crippen molar-refractivity contribution in [3.8, 4) is 0 Å². The first-order valence-electron chi connectivity index (χ1n) is 7.08. The molecule has 0 saturated carbocycles. The van der Waals surface area contributed by atoms with Crippen LogP contribution in [0.4, 0.5) is 0 Å². The smallest absolute Gasteiger partial charge is 0.243 e. The Kier molecular flexibility index (Phi) is 4.60. The molecule has 5 heteroatoms. The van der Waals surface area contributed by atoms with Gasteiger partial charge < -0.3 is 0 Å². The maximum Gasteiger partial charge on any atom is 0.243 e. The van der Waals surface area contributed by atoms with E-state index in [1.807, 2.05) is 0 Å². The number of ketones is 1. The molecule has 0 bridgehead atoms. The normalized spacial score (nSPS) is 20.8. The molecule has 0 aliphatic carbocycles. The number of benzene rings is 1. The second-order valence-corrected chi connectivity index (χ2v) is 7.35. The largest absolute Gasteiger partial charge is 0.294 e. The van der Waals surface area contributed by atoms with Crippen LogP contribution in [0.15, 0.2) is 29.2 Å². The summed E-state index contributed by atoms with van der Waals surface area (Å²) in [6, 6.07) is 6.28. The van der Waals surface area contributed by atoms with E-state index in [1.54, 1.807) is 23.4 Å². The van der Waals surface area contributed by atoms with E-state index in [9.17, 15) is 13.2 Å². The number of Topliss-reactive ketones (excluding diaryl/α,β-unsaturated/α-hetero) is 1. The lowest BCUT2D eigenvalue weighted by molar-refractivity contribution is 0.0988. The molecule has 0 amide bonds. The molecule has 1 saturated heterocycles. The molecule has 0 N–H and O–H groups in total. The van der Waals surface area contributed by atoms with Gasteiger partial charge in [0.1, 0.15) is 0 Å². The van der Waals surface area contributed by atoms with Crippen molar-refractivity contribution in [2.45, 2.75) is 38.0 Å². The van der Waals surface area contributed by atoms with E-state index in [2.05, 4.69) is 6.92 Å². The minimum absolute atomic E-state index is 0.0283. The van der Waals surface area contributed by atoms with E-state index in [1.165, 1.54) is 12.1 Å². The minimum Gasteiger partial charge on any atom is -0.294 e. The van der Waals surface area contributed by atoms with Gasteiger partial charge in [0, 0.05) is 25.1 Å². The molecule has 1 aromatic rings. The average Bonchev–Trinajstić information content (AvgIpc) is 2.46. The molecule has 1 fully saturated rings. The Bertz CT molecular complexity index is 578. The first-order valence-corrected chi connectivity index (χ1v) is 8.52. The zero-order chi connectivity index (χ0) is 14.8. The Labute approximate surface area is 120 Å². The standard InChI is InChI=1S/C15H21NO3S/c1-3-15(17)13-6-8-14(9-7-13)20(18,19)16-10-4-5-12(2)11-16/h6-9,12H,3-5,10-11H2,1-2H3. The van der Waals surface area contributed by atoms with Crippen LogP contribution in [0.25, 0.3) is 0 Å². The van der Waals surface area contributed by atoms with Gasteiger partial charge in [-0.15, -0.1) is 0 Å². The molecule has 110 valence electrons. The zero-order valence-electron chi connectivity index (χ0n) is 12.0. The van der Waals surface area contributed by atoms with Crippen LogP contribution in [0.1, 0.15) is 43.5 Å². The molecule has 0 aromatic heterocycles. The van der Waals surface area contributed by atoms with Gasteiger partial charge in [0.25, 0.3) is 0 Å². The Morgan fingerprint density at radius 1 is 1.30 bits per heavy atom. The molecule has 0 spiro atoms. The lowest BCUT2D eigenvalue weighted by Crippen LogP contribution is -2.39. The fourth-order valence-corrected chi connectivity index (χ4v) is 4.13. The van der Waals surface area contributed by atoms with Gasteiger partial charge in [-0.3, -0.25) is 4.79 Å². The number of piperidine rings is 1. The van der Waals surface area contributed by atoms with Gasteiger partial charge in [-0.1, -0.05) is 26.0 Å².